The summed E-state index contributed by atoms with van der Waals surface area (Å²) >= 11 is 0. The molecule has 1 atom stereocenters. The van der Waals surface area contributed by atoms with Gasteiger partial charge >= 0.3 is 0 Å². The number of nitrogens with zero attached hydrogens (tertiary/aromatic N) is 2. The SMILES string of the molecule is NC(=NO)C1CCN(C(=O)C2CCCCO2)CC1. The van der Waals surface area contributed by atoms with E-state index in [1.807, 2.05) is 4.90 Å². The number of carbonyl (C=O) groups is 1. The quantitative estimate of drug-likeness (QED) is 0.326. The fraction of sp³-hybridized carbons (Fsp3) is 0.833. The van der Waals surface area contributed by atoms with Crippen LogP contribution < -0.4 is 5.73 Å². The Bertz CT molecular complexity index is 319. The van der Waals surface area contributed by atoms with E-state index in [0.717, 1.165) is 32.1 Å². The number of ether oxygens (including phenoxy) is 1. The molecular formula is C12H21N3O3. The molecule has 0 aliphatic carbocycles. The number of oxime groups is 1. The molecule has 0 aromatic carbocycles. The number of piperidine rings is 1. The highest BCUT2D eigenvalue weighted by atomic mass is 16.5. The first-order valence-electron chi connectivity index (χ1n) is 6.60. The molecule has 0 aromatic rings. The highest BCUT2D eigenvalue weighted by molar-refractivity contribution is 5.83. The highest BCUT2D eigenvalue weighted by Crippen LogP contribution is 2.21. The minimum atomic E-state index is -0.251. The second kappa shape index (κ2) is 6.04. The first kappa shape index (κ1) is 13.1. The van der Waals surface area contributed by atoms with Gasteiger partial charge in [0, 0.05) is 25.6 Å². The summed E-state index contributed by atoms with van der Waals surface area (Å²) in [5.74, 6) is 0.468. The van der Waals surface area contributed by atoms with Gasteiger partial charge in [0.1, 0.15) is 11.9 Å². The predicted molar refractivity (Wildman–Crippen MR) is 66.3 cm³/mol. The third-order valence-electron chi connectivity index (χ3n) is 3.80. The van der Waals surface area contributed by atoms with Crippen molar-refractivity contribution in [1.29, 1.82) is 0 Å². The Morgan fingerprint density at radius 2 is 2.00 bits per heavy atom. The molecule has 6 nitrogen and oxygen atoms in total. The molecule has 2 aliphatic heterocycles. The average Bonchev–Trinajstić information content (AvgIpc) is 2.47. The summed E-state index contributed by atoms with van der Waals surface area (Å²) in [6.45, 7) is 2.02. The molecule has 0 spiro atoms. The summed E-state index contributed by atoms with van der Waals surface area (Å²) in [6, 6.07) is 0. The molecule has 2 aliphatic rings. The number of hydrogen-bond donors (Lipinski definition) is 2. The number of carbonyl (C=O) groups excluding carboxylic acids is 1. The molecule has 0 saturated carbocycles. The number of amidine groups is 1. The largest absolute Gasteiger partial charge is 0.409 e. The predicted octanol–water partition coefficient (Wildman–Crippen LogP) is 0.540. The van der Waals surface area contributed by atoms with Crippen molar-refractivity contribution >= 4 is 11.7 Å². The summed E-state index contributed by atoms with van der Waals surface area (Å²) in [7, 11) is 0. The molecule has 1 amide bonds. The number of hydrogen-bond acceptors (Lipinski definition) is 4. The molecule has 0 aromatic heterocycles. The van der Waals surface area contributed by atoms with Crippen LogP contribution in [0.1, 0.15) is 32.1 Å². The fourth-order valence-corrected chi connectivity index (χ4v) is 2.62. The van der Waals surface area contributed by atoms with E-state index < -0.39 is 0 Å². The highest BCUT2D eigenvalue weighted by Gasteiger charge is 2.30. The maximum absolute atomic E-state index is 12.2. The smallest absolute Gasteiger partial charge is 0.251 e. The van der Waals surface area contributed by atoms with Crippen molar-refractivity contribution in [3.05, 3.63) is 0 Å². The van der Waals surface area contributed by atoms with Crippen LogP contribution >= 0.6 is 0 Å². The maximum Gasteiger partial charge on any atom is 0.251 e. The molecule has 1 unspecified atom stereocenters. The second-order valence-corrected chi connectivity index (χ2v) is 4.98. The molecule has 0 bridgehead atoms. The standard InChI is InChI=1S/C12H21N3O3/c13-11(14-17)9-4-6-15(7-5-9)12(16)10-3-1-2-8-18-10/h9-10,17H,1-8H2,(H2,13,14). The van der Waals surface area contributed by atoms with Crippen LogP contribution in [0.2, 0.25) is 0 Å². The van der Waals surface area contributed by atoms with Gasteiger partial charge in [-0.2, -0.15) is 0 Å². The van der Waals surface area contributed by atoms with Crippen molar-refractivity contribution in [2.45, 2.75) is 38.2 Å². The van der Waals surface area contributed by atoms with Crippen molar-refractivity contribution in [2.24, 2.45) is 16.8 Å². The van der Waals surface area contributed by atoms with E-state index in [1.54, 1.807) is 0 Å². The van der Waals surface area contributed by atoms with E-state index >= 15 is 0 Å². The Balaban J connectivity index is 1.83. The summed E-state index contributed by atoms with van der Waals surface area (Å²) in [5.41, 5.74) is 5.58. The Morgan fingerprint density at radius 3 is 2.56 bits per heavy atom. The van der Waals surface area contributed by atoms with E-state index in [2.05, 4.69) is 5.16 Å². The molecule has 102 valence electrons. The fourth-order valence-electron chi connectivity index (χ4n) is 2.62. The monoisotopic (exact) mass is 255 g/mol. The molecule has 6 heteroatoms. The minimum Gasteiger partial charge on any atom is -0.409 e. The zero-order valence-corrected chi connectivity index (χ0v) is 10.5. The third-order valence-corrected chi connectivity index (χ3v) is 3.80. The van der Waals surface area contributed by atoms with E-state index in [1.165, 1.54) is 0 Å². The minimum absolute atomic E-state index is 0.0892. The van der Waals surface area contributed by atoms with Gasteiger partial charge < -0.3 is 20.6 Å². The van der Waals surface area contributed by atoms with Crippen LogP contribution in [0.15, 0.2) is 5.16 Å². The lowest BCUT2D eigenvalue weighted by molar-refractivity contribution is -0.147. The Kier molecular flexibility index (Phi) is 4.41. The van der Waals surface area contributed by atoms with Crippen LogP contribution in [-0.4, -0.2) is 47.7 Å². The lowest BCUT2D eigenvalue weighted by atomic mass is 9.95. The first-order valence-corrected chi connectivity index (χ1v) is 6.60. The summed E-state index contributed by atoms with van der Waals surface area (Å²) in [5, 5.41) is 11.7. The molecule has 2 saturated heterocycles. The number of nitrogens with two attached hydrogens (primary N) is 1. The van der Waals surface area contributed by atoms with E-state index in [9.17, 15) is 4.79 Å². The van der Waals surface area contributed by atoms with Crippen molar-refractivity contribution < 1.29 is 14.7 Å². The number of likely N-dealkylation sites (tertiary alicyclic amines) is 1. The van der Waals surface area contributed by atoms with Crippen LogP contribution in [0.4, 0.5) is 0 Å². The zero-order chi connectivity index (χ0) is 13.0. The Labute approximate surface area is 107 Å². The molecular weight excluding hydrogens is 234 g/mol. The van der Waals surface area contributed by atoms with Crippen LogP contribution in [0.5, 0.6) is 0 Å². The van der Waals surface area contributed by atoms with Gasteiger partial charge in [-0.15, -0.1) is 0 Å². The van der Waals surface area contributed by atoms with Crippen LogP contribution in [-0.2, 0) is 9.53 Å². The molecule has 2 fully saturated rings. The molecule has 2 rings (SSSR count). The van der Waals surface area contributed by atoms with E-state index in [0.29, 0.717) is 19.7 Å². The van der Waals surface area contributed by atoms with Crippen molar-refractivity contribution in [3.63, 3.8) is 0 Å². The van der Waals surface area contributed by atoms with Gasteiger partial charge in [-0.1, -0.05) is 5.16 Å². The van der Waals surface area contributed by atoms with Crippen molar-refractivity contribution in [2.75, 3.05) is 19.7 Å². The Hall–Kier alpha value is -1.30. The van der Waals surface area contributed by atoms with E-state index in [4.69, 9.17) is 15.7 Å². The van der Waals surface area contributed by atoms with Gasteiger partial charge in [0.05, 0.1) is 0 Å². The molecule has 3 N–H and O–H groups in total. The average molecular weight is 255 g/mol. The number of rotatable bonds is 2. The maximum atomic E-state index is 12.2. The van der Waals surface area contributed by atoms with E-state index in [-0.39, 0.29) is 23.8 Å². The first-order chi connectivity index (χ1) is 8.72. The van der Waals surface area contributed by atoms with Crippen LogP contribution in [0.25, 0.3) is 0 Å². The lowest BCUT2D eigenvalue weighted by Crippen LogP contribution is -2.47. The molecule has 18 heavy (non-hydrogen) atoms. The lowest BCUT2D eigenvalue weighted by Gasteiger charge is -2.34. The van der Waals surface area contributed by atoms with Crippen LogP contribution in [0, 0.1) is 5.92 Å². The second-order valence-electron chi connectivity index (χ2n) is 4.98. The zero-order valence-electron chi connectivity index (χ0n) is 10.5. The summed E-state index contributed by atoms with van der Waals surface area (Å²) < 4.78 is 5.51. The topological polar surface area (TPSA) is 88.2 Å². The van der Waals surface area contributed by atoms with Gasteiger partial charge in [-0.05, 0) is 32.1 Å². The normalized spacial score (nSPS) is 27.2. The van der Waals surface area contributed by atoms with Gasteiger partial charge in [-0.25, -0.2) is 0 Å². The Morgan fingerprint density at radius 1 is 1.28 bits per heavy atom. The van der Waals surface area contributed by atoms with Crippen molar-refractivity contribution in [1.82, 2.24) is 4.90 Å². The van der Waals surface area contributed by atoms with Gasteiger partial charge in [-0.3, -0.25) is 4.79 Å². The van der Waals surface area contributed by atoms with Gasteiger partial charge in [0.25, 0.3) is 5.91 Å². The van der Waals surface area contributed by atoms with Gasteiger partial charge in [0.15, 0.2) is 0 Å². The van der Waals surface area contributed by atoms with Crippen molar-refractivity contribution in [3.8, 4) is 0 Å². The van der Waals surface area contributed by atoms with Crippen LogP contribution in [0.3, 0.4) is 0 Å². The molecule has 2 heterocycles. The van der Waals surface area contributed by atoms with Gasteiger partial charge in [0.2, 0.25) is 0 Å². The summed E-state index contributed by atoms with van der Waals surface area (Å²) in [4.78, 5) is 14.0. The number of amides is 1. The molecule has 0 radical (unpaired) electrons. The summed E-state index contributed by atoms with van der Waals surface area (Å²) in [6.07, 6.45) is 4.22. The third kappa shape index (κ3) is 2.93.